The number of ketones is 1. The highest BCUT2D eigenvalue weighted by molar-refractivity contribution is 7.92. The predicted molar refractivity (Wildman–Crippen MR) is 148 cm³/mol. The number of aromatic nitrogens is 2. The van der Waals surface area contributed by atoms with Gasteiger partial charge in [-0.2, -0.15) is 0 Å². The number of carbonyl (C=O) groups is 1. The van der Waals surface area contributed by atoms with E-state index in [1.165, 1.54) is 6.07 Å². The summed E-state index contributed by atoms with van der Waals surface area (Å²) in [6.45, 7) is 5.97. The predicted octanol–water partition coefficient (Wildman–Crippen LogP) is 4.65. The van der Waals surface area contributed by atoms with Crippen LogP contribution in [0, 0.1) is 5.41 Å². The van der Waals surface area contributed by atoms with Crippen LogP contribution in [0.25, 0.3) is 11.0 Å². The molecule has 0 radical (unpaired) electrons. The lowest BCUT2D eigenvalue weighted by Crippen LogP contribution is -2.28. The van der Waals surface area contributed by atoms with E-state index in [0.29, 0.717) is 12.1 Å². The number of sulfonamides is 1. The number of benzene rings is 3. The molecule has 0 saturated carbocycles. The van der Waals surface area contributed by atoms with Crippen LogP contribution in [0.3, 0.4) is 0 Å². The Morgan fingerprint density at radius 1 is 0.973 bits per heavy atom. The number of carbonyl (C=O) groups excluding carboxylic acids is 1. The number of hydrogen-bond acceptors (Lipinski definition) is 5. The van der Waals surface area contributed by atoms with Crippen LogP contribution in [0.4, 0.5) is 5.69 Å². The number of fused-ring (bicyclic) bond motifs is 1. The minimum absolute atomic E-state index is 0. The van der Waals surface area contributed by atoms with Crippen LogP contribution in [0.2, 0.25) is 0 Å². The molecule has 0 saturated heterocycles. The molecule has 1 aromatic heterocycles. The normalized spacial score (nSPS) is 11.8. The highest BCUT2D eigenvalue weighted by atomic mass is 35.5. The molecule has 37 heavy (non-hydrogen) atoms. The molecule has 10 heteroatoms. The number of Topliss-reactive ketones (excluding diaryl/α,β-unsaturated/α-hetero) is 1. The zero-order valence-electron chi connectivity index (χ0n) is 21.1. The maximum absolute atomic E-state index is 13.5. The van der Waals surface area contributed by atoms with Gasteiger partial charge in [0.25, 0.3) is 0 Å². The van der Waals surface area contributed by atoms with Crippen LogP contribution in [0.5, 0.6) is 5.75 Å². The smallest absolute Gasteiger partial charge is 0.229 e. The van der Waals surface area contributed by atoms with Crippen LogP contribution >= 0.6 is 12.4 Å². The fraction of sp³-hybridized carbons (Fsp3) is 0.259. The average Bonchev–Trinajstić information content (AvgIpc) is 3.05. The second-order valence-corrected chi connectivity index (χ2v) is 11.7. The average molecular weight is 543 g/mol. The molecule has 0 unspecified atom stereocenters. The fourth-order valence-electron chi connectivity index (χ4n) is 4.26. The Hall–Kier alpha value is -3.56. The molecule has 196 valence electrons. The van der Waals surface area contributed by atoms with Gasteiger partial charge >= 0.3 is 0 Å². The summed E-state index contributed by atoms with van der Waals surface area (Å²) in [5.41, 5.74) is 2.89. The first-order chi connectivity index (χ1) is 16.8. The fourth-order valence-corrected chi connectivity index (χ4v) is 4.82. The Kier molecular flexibility index (Phi) is 7.90. The molecule has 3 N–H and O–H groups in total. The number of hydrogen-bond donors (Lipinski definition) is 3. The summed E-state index contributed by atoms with van der Waals surface area (Å²) in [6, 6.07) is 20.3. The first-order valence-corrected chi connectivity index (χ1v) is 13.4. The van der Waals surface area contributed by atoms with Crippen molar-refractivity contribution in [1.82, 2.24) is 9.13 Å². The number of anilines is 1. The minimum atomic E-state index is -3.69. The van der Waals surface area contributed by atoms with Crippen molar-refractivity contribution in [1.29, 1.82) is 5.41 Å². The summed E-state index contributed by atoms with van der Waals surface area (Å²) < 4.78 is 29.6. The Morgan fingerprint density at radius 3 is 2.11 bits per heavy atom. The Morgan fingerprint density at radius 2 is 1.54 bits per heavy atom. The molecule has 0 spiro atoms. The third kappa shape index (κ3) is 6.06. The van der Waals surface area contributed by atoms with Gasteiger partial charge < -0.3 is 14.2 Å². The van der Waals surface area contributed by atoms with Crippen LogP contribution in [0.1, 0.15) is 42.3 Å². The molecular formula is C27H31ClN4O4S. The van der Waals surface area contributed by atoms with Gasteiger partial charge in [0.05, 0.1) is 36.1 Å². The third-order valence-electron chi connectivity index (χ3n) is 6.00. The van der Waals surface area contributed by atoms with Crippen LogP contribution in [-0.2, 0) is 28.5 Å². The Labute approximate surface area is 222 Å². The van der Waals surface area contributed by atoms with Crippen molar-refractivity contribution in [2.75, 3.05) is 11.0 Å². The van der Waals surface area contributed by atoms with Gasteiger partial charge in [-0.15, -0.1) is 12.4 Å². The van der Waals surface area contributed by atoms with Gasteiger partial charge in [0.2, 0.25) is 15.6 Å². The van der Waals surface area contributed by atoms with Crippen molar-refractivity contribution >= 4 is 44.9 Å². The summed E-state index contributed by atoms with van der Waals surface area (Å²) in [5, 5.41) is 19.6. The van der Waals surface area contributed by atoms with E-state index in [-0.39, 0.29) is 47.4 Å². The zero-order valence-corrected chi connectivity index (χ0v) is 22.8. The van der Waals surface area contributed by atoms with Crippen LogP contribution < -0.4 is 10.3 Å². The Balaban J connectivity index is 0.00000380. The van der Waals surface area contributed by atoms with E-state index < -0.39 is 15.4 Å². The van der Waals surface area contributed by atoms with Gasteiger partial charge in [0, 0.05) is 11.1 Å². The first-order valence-electron chi connectivity index (χ1n) is 11.5. The molecule has 0 bridgehead atoms. The zero-order chi connectivity index (χ0) is 26.3. The monoisotopic (exact) mass is 542 g/mol. The van der Waals surface area contributed by atoms with Crippen molar-refractivity contribution in [3.63, 3.8) is 0 Å². The molecule has 1 heterocycles. The number of nitrogens with zero attached hydrogens (tertiary/aromatic N) is 2. The molecule has 0 atom stereocenters. The maximum atomic E-state index is 13.5. The number of halogens is 1. The van der Waals surface area contributed by atoms with Crippen molar-refractivity contribution in [2.24, 2.45) is 0 Å². The molecule has 4 rings (SSSR count). The molecule has 0 amide bonds. The third-order valence-corrected chi connectivity index (χ3v) is 6.59. The van der Waals surface area contributed by atoms with Crippen molar-refractivity contribution in [2.45, 2.75) is 39.3 Å². The second-order valence-electron chi connectivity index (χ2n) is 9.94. The van der Waals surface area contributed by atoms with Gasteiger partial charge in [-0.05, 0) is 35.2 Å². The molecule has 0 aliphatic heterocycles. The van der Waals surface area contributed by atoms with Crippen LogP contribution in [-0.4, -0.2) is 34.7 Å². The van der Waals surface area contributed by atoms with Gasteiger partial charge in [-0.3, -0.25) is 14.9 Å². The lowest BCUT2D eigenvalue weighted by Gasteiger charge is -2.23. The van der Waals surface area contributed by atoms with Gasteiger partial charge in [-0.1, -0.05) is 63.2 Å². The summed E-state index contributed by atoms with van der Waals surface area (Å²) in [6.07, 6.45) is 0.988. The highest BCUT2D eigenvalue weighted by Gasteiger charge is 2.25. The number of aromatic hydroxyl groups is 1. The molecule has 0 aliphatic rings. The summed E-state index contributed by atoms with van der Waals surface area (Å²) in [4.78, 5) is 13.5. The number of phenols is 1. The summed E-state index contributed by atoms with van der Waals surface area (Å²) in [5.74, 6) is -0.518. The molecule has 3 aromatic carbocycles. The standard InChI is InChI=1S/C27H30N4O4S.ClH/c1-27(2,3)20-14-19(15-21(25(20)33)29-36(4,34)35)24(32)17-31-23-13-9-8-12-22(23)30(26(31)28)16-18-10-6-5-7-11-18;/h5-15,28-29,33H,16-17H2,1-4H3;1H. The van der Waals surface area contributed by atoms with Crippen molar-refractivity contribution in [3.05, 3.63) is 89.0 Å². The lowest BCUT2D eigenvalue weighted by atomic mass is 9.84. The van der Waals surface area contributed by atoms with Gasteiger partial charge in [-0.25, -0.2) is 8.42 Å². The quantitative estimate of drug-likeness (QED) is 0.233. The first kappa shape index (κ1) is 28.0. The van der Waals surface area contributed by atoms with E-state index in [4.69, 9.17) is 5.41 Å². The number of imidazole rings is 1. The molecule has 0 aliphatic carbocycles. The van der Waals surface area contributed by atoms with Crippen molar-refractivity contribution < 1.29 is 18.3 Å². The number of nitrogens with one attached hydrogen (secondary N) is 2. The van der Waals surface area contributed by atoms with Gasteiger partial charge in [0.15, 0.2) is 5.78 Å². The minimum Gasteiger partial charge on any atom is -0.505 e. The number of rotatable bonds is 7. The number of phenolic OH excluding ortho intramolecular Hbond substituents is 1. The molecular weight excluding hydrogens is 512 g/mol. The topological polar surface area (TPSA) is 117 Å². The van der Waals surface area contributed by atoms with E-state index in [1.54, 1.807) is 10.6 Å². The summed E-state index contributed by atoms with van der Waals surface area (Å²) in [7, 11) is -3.69. The van der Waals surface area contributed by atoms with Crippen molar-refractivity contribution in [3.8, 4) is 5.75 Å². The SMILES string of the molecule is CC(C)(C)c1cc(C(=O)Cn2c(=N)n(Cc3ccccc3)c3ccccc32)cc(NS(C)(=O)=O)c1O.Cl. The summed E-state index contributed by atoms with van der Waals surface area (Å²) >= 11 is 0. The largest absolute Gasteiger partial charge is 0.505 e. The Bertz CT molecular complexity index is 1620. The van der Waals surface area contributed by atoms with E-state index in [2.05, 4.69) is 4.72 Å². The maximum Gasteiger partial charge on any atom is 0.229 e. The van der Waals surface area contributed by atoms with E-state index in [1.807, 2.05) is 79.9 Å². The van der Waals surface area contributed by atoms with Gasteiger partial charge in [0.1, 0.15) is 5.75 Å². The molecule has 8 nitrogen and oxygen atoms in total. The van der Waals surface area contributed by atoms with Crippen LogP contribution in [0.15, 0.2) is 66.7 Å². The molecule has 4 aromatic rings. The van der Waals surface area contributed by atoms with E-state index >= 15 is 0 Å². The molecule has 0 fully saturated rings. The lowest BCUT2D eigenvalue weighted by molar-refractivity contribution is 0.0971. The highest BCUT2D eigenvalue weighted by Crippen LogP contribution is 2.38. The second kappa shape index (κ2) is 10.4. The number of para-hydroxylation sites is 2. The van der Waals surface area contributed by atoms with E-state index in [9.17, 15) is 18.3 Å². The van der Waals surface area contributed by atoms with E-state index in [0.717, 1.165) is 22.9 Å².